The maximum atomic E-state index is 13.7. The molecule has 0 unspecified atom stereocenters. The summed E-state index contributed by atoms with van der Waals surface area (Å²) in [5, 5.41) is 3.07. The average Bonchev–Trinajstić information content (AvgIpc) is 3.61. The van der Waals surface area contributed by atoms with E-state index in [4.69, 9.17) is 9.15 Å². The van der Waals surface area contributed by atoms with Crippen molar-refractivity contribution in [3.8, 4) is 39.6 Å². The molecule has 0 saturated carbocycles. The number of aromatic nitrogens is 4. The first-order valence-electron chi connectivity index (χ1n) is 13.0. The minimum Gasteiger partial charge on any atom is -0.497 e. The summed E-state index contributed by atoms with van der Waals surface area (Å²) in [7, 11) is 0.724. The highest BCUT2D eigenvalue weighted by Gasteiger charge is 2.26. The fraction of sp³-hybridized carbons (Fsp3) is 0.133. The van der Waals surface area contributed by atoms with Crippen LogP contribution in [0.15, 0.2) is 71.5 Å². The van der Waals surface area contributed by atoms with Crippen LogP contribution in [-0.4, -0.2) is 61.7 Å². The van der Waals surface area contributed by atoms with Crippen molar-refractivity contribution in [3.63, 3.8) is 0 Å². The third-order valence-corrected chi connectivity index (χ3v) is 8.28. The van der Waals surface area contributed by atoms with E-state index >= 15 is 0 Å². The average molecular weight is 601 g/mol. The van der Waals surface area contributed by atoms with Gasteiger partial charge in [-0.3, -0.25) is 9.10 Å². The molecule has 3 aromatic carbocycles. The smallest absolute Gasteiger partial charge is 0.255 e. The van der Waals surface area contributed by atoms with E-state index < -0.39 is 21.7 Å². The van der Waals surface area contributed by atoms with Crippen molar-refractivity contribution >= 4 is 43.8 Å². The summed E-state index contributed by atoms with van der Waals surface area (Å²) in [5.74, 6) is 0.337. The van der Waals surface area contributed by atoms with Crippen LogP contribution < -0.4 is 14.4 Å². The Balaban J connectivity index is 1.64. The number of amides is 1. The first-order valence-corrected chi connectivity index (χ1v) is 14.8. The largest absolute Gasteiger partial charge is 0.497 e. The van der Waals surface area contributed by atoms with Gasteiger partial charge in [0.05, 0.1) is 30.8 Å². The number of hydrogen-bond acceptors (Lipinski definition) is 8. The van der Waals surface area contributed by atoms with Gasteiger partial charge in [0.15, 0.2) is 5.65 Å². The van der Waals surface area contributed by atoms with Gasteiger partial charge in [-0.25, -0.2) is 27.8 Å². The van der Waals surface area contributed by atoms with Gasteiger partial charge in [0.1, 0.15) is 40.6 Å². The van der Waals surface area contributed by atoms with Gasteiger partial charge in [-0.2, -0.15) is 0 Å². The Morgan fingerprint density at radius 2 is 1.81 bits per heavy atom. The molecule has 0 aliphatic rings. The molecule has 43 heavy (non-hydrogen) atoms. The van der Waals surface area contributed by atoms with Gasteiger partial charge in [-0.1, -0.05) is 0 Å². The molecule has 0 atom stereocenters. The van der Waals surface area contributed by atoms with E-state index in [1.807, 2.05) is 6.07 Å². The number of carbonyl (C=O) groups is 1. The molecule has 6 rings (SSSR count). The van der Waals surface area contributed by atoms with Crippen molar-refractivity contribution in [2.24, 2.45) is 0 Å². The molecule has 2 N–H and O–H groups in total. The van der Waals surface area contributed by atoms with Crippen molar-refractivity contribution in [1.82, 2.24) is 25.3 Å². The monoisotopic (exact) mass is 600 g/mol. The van der Waals surface area contributed by atoms with Crippen molar-refractivity contribution in [2.45, 2.75) is 0 Å². The van der Waals surface area contributed by atoms with Crippen LogP contribution in [0.2, 0.25) is 0 Å². The fourth-order valence-electron chi connectivity index (χ4n) is 4.87. The molecule has 3 heterocycles. The van der Waals surface area contributed by atoms with Crippen molar-refractivity contribution in [3.05, 3.63) is 78.5 Å². The number of H-pyrrole nitrogens is 1. The highest BCUT2D eigenvalue weighted by molar-refractivity contribution is 7.92. The minimum absolute atomic E-state index is 0.217. The first kappa shape index (κ1) is 27.8. The molecule has 0 spiro atoms. The van der Waals surface area contributed by atoms with Crippen LogP contribution in [0.25, 0.3) is 56.0 Å². The predicted molar refractivity (Wildman–Crippen MR) is 161 cm³/mol. The van der Waals surface area contributed by atoms with Crippen LogP contribution >= 0.6 is 0 Å². The normalized spacial score (nSPS) is 11.7. The van der Waals surface area contributed by atoms with E-state index in [1.54, 1.807) is 30.5 Å². The molecule has 11 nitrogen and oxygen atoms in total. The van der Waals surface area contributed by atoms with Crippen LogP contribution in [0.1, 0.15) is 10.4 Å². The third-order valence-electron chi connectivity index (χ3n) is 7.09. The molecule has 3 aromatic heterocycles. The SMILES string of the molecule is CNC(=O)c1c(-c2ccc(F)cc2)oc2cc(N(C)S(C)(=O)=O)c(-c3cc(OC)cc(-c4nc5ncncc5[nH]4)c3)cc12. The lowest BCUT2D eigenvalue weighted by atomic mass is 9.97. The molecule has 0 aliphatic heterocycles. The zero-order chi connectivity index (χ0) is 30.5. The van der Waals surface area contributed by atoms with Gasteiger partial charge in [0, 0.05) is 42.2 Å². The van der Waals surface area contributed by atoms with Gasteiger partial charge < -0.3 is 19.5 Å². The number of sulfonamides is 1. The summed E-state index contributed by atoms with van der Waals surface area (Å²) >= 11 is 0. The summed E-state index contributed by atoms with van der Waals surface area (Å²) in [6, 6.07) is 14.2. The number of anilines is 1. The zero-order valence-corrected chi connectivity index (χ0v) is 24.3. The minimum atomic E-state index is -3.73. The summed E-state index contributed by atoms with van der Waals surface area (Å²) < 4.78 is 52.2. The quantitative estimate of drug-likeness (QED) is 0.261. The summed E-state index contributed by atoms with van der Waals surface area (Å²) in [6.45, 7) is 0. The number of nitrogens with zero attached hydrogens (tertiary/aromatic N) is 4. The van der Waals surface area contributed by atoms with Crippen LogP contribution in [0.5, 0.6) is 5.75 Å². The molecule has 0 aliphatic carbocycles. The van der Waals surface area contributed by atoms with E-state index in [0.717, 1.165) is 10.6 Å². The molecular weight excluding hydrogens is 575 g/mol. The van der Waals surface area contributed by atoms with E-state index in [-0.39, 0.29) is 16.9 Å². The maximum Gasteiger partial charge on any atom is 0.255 e. The number of carbonyl (C=O) groups excluding carboxylic acids is 1. The Morgan fingerprint density at radius 1 is 1.07 bits per heavy atom. The number of imidazole rings is 1. The number of ether oxygens (including phenoxy) is 1. The second-order valence-electron chi connectivity index (χ2n) is 9.78. The second kappa shape index (κ2) is 10.5. The lowest BCUT2D eigenvalue weighted by Gasteiger charge is -2.21. The Bertz CT molecular complexity index is 2110. The standard InChI is InChI=1S/C30H25FN6O5S/c1-32-30(38)26-22-12-21(17-9-18(11-20(10-17)41-3)28-35-23-14-33-15-34-29(23)36-28)24(37(2)43(4,39)40)13-25(22)42-27(26)16-5-7-19(31)8-6-16/h5-15H,1-4H3,(H,32,38)(H,33,34,35,36). The second-order valence-corrected chi connectivity index (χ2v) is 11.8. The number of furan rings is 1. The topological polar surface area (TPSA) is 143 Å². The predicted octanol–water partition coefficient (Wildman–Crippen LogP) is 5.00. The number of halogens is 1. The van der Waals surface area contributed by atoms with Crippen LogP contribution in [0, 0.1) is 5.82 Å². The highest BCUT2D eigenvalue weighted by atomic mass is 32.2. The molecule has 0 fully saturated rings. The lowest BCUT2D eigenvalue weighted by Crippen LogP contribution is -2.25. The molecule has 218 valence electrons. The van der Waals surface area contributed by atoms with Gasteiger partial charge in [-0.15, -0.1) is 0 Å². The Kier molecular flexibility index (Phi) is 6.81. The van der Waals surface area contributed by atoms with Crippen LogP contribution in [0.3, 0.4) is 0 Å². The first-order chi connectivity index (χ1) is 20.6. The van der Waals surface area contributed by atoms with Crippen molar-refractivity contribution in [2.75, 3.05) is 31.8 Å². The lowest BCUT2D eigenvalue weighted by molar-refractivity contribution is 0.0964. The fourth-order valence-corrected chi connectivity index (χ4v) is 5.37. The van der Waals surface area contributed by atoms with Gasteiger partial charge >= 0.3 is 0 Å². The van der Waals surface area contributed by atoms with Crippen molar-refractivity contribution in [1.29, 1.82) is 0 Å². The molecule has 6 aromatic rings. The van der Waals surface area contributed by atoms with Crippen LogP contribution in [-0.2, 0) is 10.0 Å². The molecule has 0 bridgehead atoms. The number of benzene rings is 3. The Morgan fingerprint density at radius 3 is 2.49 bits per heavy atom. The molecular formula is C30H25FN6O5S. The van der Waals surface area contributed by atoms with Crippen LogP contribution in [0.4, 0.5) is 10.1 Å². The molecule has 0 saturated heterocycles. The highest BCUT2D eigenvalue weighted by Crippen LogP contribution is 2.43. The number of rotatable bonds is 7. The third kappa shape index (κ3) is 5.03. The zero-order valence-electron chi connectivity index (χ0n) is 23.5. The van der Waals surface area contributed by atoms with Crippen molar-refractivity contribution < 1.29 is 26.8 Å². The van der Waals surface area contributed by atoms with Gasteiger partial charge in [-0.05, 0) is 54.1 Å². The van der Waals surface area contributed by atoms with E-state index in [2.05, 4.69) is 25.3 Å². The van der Waals surface area contributed by atoms with E-state index in [0.29, 0.717) is 56.1 Å². The van der Waals surface area contributed by atoms with E-state index in [1.165, 1.54) is 51.8 Å². The van der Waals surface area contributed by atoms with Gasteiger partial charge in [0.25, 0.3) is 5.91 Å². The Hall–Kier alpha value is -5.30. The molecule has 0 radical (unpaired) electrons. The summed E-state index contributed by atoms with van der Waals surface area (Å²) in [5.41, 5.74) is 4.10. The number of fused-ring (bicyclic) bond motifs is 2. The molecule has 13 heteroatoms. The summed E-state index contributed by atoms with van der Waals surface area (Å²) in [6.07, 6.45) is 4.11. The number of hydrogen-bond donors (Lipinski definition) is 2. The van der Waals surface area contributed by atoms with Gasteiger partial charge in [0.2, 0.25) is 10.0 Å². The maximum absolute atomic E-state index is 13.7. The van der Waals surface area contributed by atoms with E-state index in [9.17, 15) is 17.6 Å². The Labute approximate surface area is 245 Å². The number of aromatic amines is 1. The number of methoxy groups -OCH3 is 1. The molecule has 1 amide bonds. The number of nitrogens with one attached hydrogen (secondary N) is 2. The summed E-state index contributed by atoms with van der Waals surface area (Å²) in [4.78, 5) is 29.2.